The summed E-state index contributed by atoms with van der Waals surface area (Å²) in [5, 5.41) is 12.0. The molecule has 3 amide bonds. The Morgan fingerprint density at radius 1 is 1.05 bits per heavy atom. The third-order valence-electron chi connectivity index (χ3n) is 7.61. The average molecular weight is 525 g/mol. The van der Waals surface area contributed by atoms with Crippen LogP contribution >= 0.6 is 0 Å². The predicted octanol–water partition coefficient (Wildman–Crippen LogP) is 2.88. The van der Waals surface area contributed by atoms with Crippen molar-refractivity contribution < 1.29 is 28.7 Å². The summed E-state index contributed by atoms with van der Waals surface area (Å²) in [6.07, 6.45) is 0.786. The Hall–Kier alpha value is -3.95. The number of aryl methyl sites for hydroxylation is 1. The van der Waals surface area contributed by atoms with Gasteiger partial charge in [0.05, 0.1) is 12.2 Å². The van der Waals surface area contributed by atoms with Gasteiger partial charge in [-0.15, -0.1) is 0 Å². The lowest BCUT2D eigenvalue weighted by atomic mass is 9.85. The van der Waals surface area contributed by atoms with Crippen LogP contribution < -0.4 is 10.2 Å². The molecule has 1 spiro atoms. The highest BCUT2D eigenvalue weighted by atomic mass is 19.1. The first-order valence-electron chi connectivity index (χ1n) is 12.7. The van der Waals surface area contributed by atoms with Crippen molar-refractivity contribution in [2.45, 2.75) is 45.2 Å². The van der Waals surface area contributed by atoms with E-state index in [-0.39, 0.29) is 28.9 Å². The summed E-state index contributed by atoms with van der Waals surface area (Å²) in [5.41, 5.74) is 0.859. The van der Waals surface area contributed by atoms with Gasteiger partial charge >= 0.3 is 5.97 Å². The van der Waals surface area contributed by atoms with Crippen LogP contribution in [0.1, 0.15) is 53.0 Å². The topological polar surface area (TPSA) is 110 Å². The van der Waals surface area contributed by atoms with E-state index in [0.717, 1.165) is 11.8 Å². The number of hydrogen-bond donors (Lipinski definition) is 2. The quantitative estimate of drug-likeness (QED) is 0.602. The molecule has 2 heterocycles. The molecule has 0 aromatic heterocycles. The van der Waals surface area contributed by atoms with Crippen LogP contribution in [0, 0.1) is 18.7 Å². The van der Waals surface area contributed by atoms with Crippen molar-refractivity contribution in [2.75, 3.05) is 31.7 Å². The number of nitrogens with zero attached hydrogens (tertiary/aromatic N) is 3. The van der Waals surface area contributed by atoms with Crippen LogP contribution in [0.5, 0.6) is 0 Å². The van der Waals surface area contributed by atoms with Crippen molar-refractivity contribution in [1.29, 1.82) is 0 Å². The van der Waals surface area contributed by atoms with Gasteiger partial charge in [-0.05, 0) is 67.6 Å². The number of anilines is 1. The molecule has 1 unspecified atom stereocenters. The molecule has 4 rings (SSSR count). The van der Waals surface area contributed by atoms with Gasteiger partial charge < -0.3 is 25.1 Å². The number of piperidine rings is 1. The van der Waals surface area contributed by atoms with Crippen LogP contribution in [-0.2, 0) is 9.59 Å². The highest BCUT2D eigenvalue weighted by molar-refractivity contribution is 5.99. The van der Waals surface area contributed by atoms with Crippen molar-refractivity contribution in [2.24, 2.45) is 5.92 Å². The number of likely N-dealkylation sites (tertiary alicyclic amines) is 1. The molecule has 2 saturated heterocycles. The maximum Gasteiger partial charge on any atom is 0.335 e. The van der Waals surface area contributed by atoms with Gasteiger partial charge in [0.15, 0.2) is 0 Å². The van der Waals surface area contributed by atoms with Crippen molar-refractivity contribution in [3.05, 3.63) is 65.0 Å². The van der Waals surface area contributed by atoms with Crippen molar-refractivity contribution >= 4 is 29.4 Å². The molecule has 2 fully saturated rings. The summed E-state index contributed by atoms with van der Waals surface area (Å²) in [4.78, 5) is 56.3. The number of halogens is 1. The molecule has 2 aliphatic rings. The molecular formula is C28H33FN4O5. The number of benzene rings is 2. The molecule has 2 aliphatic heterocycles. The van der Waals surface area contributed by atoms with Gasteiger partial charge in [0, 0.05) is 31.4 Å². The molecule has 0 radical (unpaired) electrons. The molecule has 2 N–H and O–H groups in total. The number of aromatic carboxylic acids is 1. The summed E-state index contributed by atoms with van der Waals surface area (Å²) in [6, 6.07) is 9.61. The van der Waals surface area contributed by atoms with Gasteiger partial charge in [-0.1, -0.05) is 19.9 Å². The minimum atomic E-state index is -1.02. The minimum absolute atomic E-state index is 0.0396. The Morgan fingerprint density at radius 3 is 2.26 bits per heavy atom. The molecular weight excluding hydrogens is 491 g/mol. The summed E-state index contributed by atoms with van der Waals surface area (Å²) in [6.45, 7) is 6.38. The normalized spacial score (nSPS) is 17.7. The van der Waals surface area contributed by atoms with Gasteiger partial charge in [0.2, 0.25) is 11.8 Å². The molecule has 10 heteroatoms. The van der Waals surface area contributed by atoms with E-state index in [0.29, 0.717) is 38.2 Å². The van der Waals surface area contributed by atoms with Crippen molar-refractivity contribution in [1.82, 2.24) is 15.1 Å². The molecule has 0 bridgehead atoms. The van der Waals surface area contributed by atoms with Crippen LogP contribution in [0.15, 0.2) is 42.5 Å². The maximum absolute atomic E-state index is 13.8. The number of carboxylic acids is 1. The fourth-order valence-electron chi connectivity index (χ4n) is 5.34. The second-order valence-electron chi connectivity index (χ2n) is 10.4. The van der Waals surface area contributed by atoms with Crippen LogP contribution in [0.25, 0.3) is 0 Å². The summed E-state index contributed by atoms with van der Waals surface area (Å²) < 4.78 is 13.8. The second kappa shape index (κ2) is 10.4. The van der Waals surface area contributed by atoms with E-state index in [9.17, 15) is 28.7 Å². The zero-order valence-electron chi connectivity index (χ0n) is 22.0. The van der Waals surface area contributed by atoms with E-state index >= 15 is 0 Å². The monoisotopic (exact) mass is 524 g/mol. The molecule has 0 aliphatic carbocycles. The van der Waals surface area contributed by atoms with E-state index in [1.165, 1.54) is 24.3 Å². The van der Waals surface area contributed by atoms with E-state index < -0.39 is 29.3 Å². The first kappa shape index (κ1) is 27.1. The third-order valence-corrected chi connectivity index (χ3v) is 7.61. The smallest absolute Gasteiger partial charge is 0.335 e. The molecule has 2 aromatic rings. The molecule has 9 nitrogen and oxygen atoms in total. The number of carbonyl (C=O) groups excluding carboxylic acids is 3. The van der Waals surface area contributed by atoms with Crippen molar-refractivity contribution in [3.8, 4) is 0 Å². The van der Waals surface area contributed by atoms with Gasteiger partial charge in [-0.2, -0.15) is 0 Å². The standard InChI is InChI=1S/C28H33FN4O5/c1-17(2)23(30-24(34)22-15-20(29)8-5-18(22)3)25(35)32-13-11-28(12-14-32)27(38)31(4)16-33(28)21-9-6-19(7-10-21)26(36)37/h5-10,15,17,23H,11-14,16H2,1-4H3,(H,30,34)(H,36,37). The van der Waals surface area contributed by atoms with E-state index in [4.69, 9.17) is 0 Å². The largest absolute Gasteiger partial charge is 0.478 e. The van der Waals surface area contributed by atoms with E-state index in [2.05, 4.69) is 5.32 Å². The minimum Gasteiger partial charge on any atom is -0.478 e. The molecule has 2 aromatic carbocycles. The SMILES string of the molecule is Cc1ccc(F)cc1C(=O)NC(C(=O)N1CCC2(CC1)C(=O)N(C)CN2c1ccc(C(=O)O)cc1)C(C)C. The number of rotatable bonds is 6. The van der Waals surface area contributed by atoms with Gasteiger partial charge in [-0.25, -0.2) is 9.18 Å². The van der Waals surface area contributed by atoms with Crippen LogP contribution in [0.4, 0.5) is 10.1 Å². The Bertz CT molecular complexity index is 1250. The molecule has 0 saturated carbocycles. The van der Waals surface area contributed by atoms with E-state index in [1.807, 2.05) is 18.7 Å². The Labute approximate surface area is 221 Å². The van der Waals surface area contributed by atoms with Gasteiger partial charge in [0.1, 0.15) is 17.4 Å². The highest BCUT2D eigenvalue weighted by Gasteiger charge is 2.53. The summed E-state index contributed by atoms with van der Waals surface area (Å²) >= 11 is 0. The number of carboxylic acid groups (broad SMARTS) is 1. The predicted molar refractivity (Wildman–Crippen MR) is 139 cm³/mol. The first-order valence-corrected chi connectivity index (χ1v) is 12.7. The Morgan fingerprint density at radius 2 is 1.68 bits per heavy atom. The zero-order valence-corrected chi connectivity index (χ0v) is 22.0. The number of amides is 3. The van der Waals surface area contributed by atoms with E-state index in [1.54, 1.807) is 35.9 Å². The number of nitrogens with one attached hydrogen (secondary N) is 1. The zero-order chi connectivity index (χ0) is 27.8. The lowest BCUT2D eigenvalue weighted by Gasteiger charge is -2.44. The fraction of sp³-hybridized carbons (Fsp3) is 0.429. The van der Waals surface area contributed by atoms with Gasteiger partial charge in [-0.3, -0.25) is 14.4 Å². The number of hydrogen-bond acceptors (Lipinski definition) is 5. The lowest BCUT2D eigenvalue weighted by Crippen LogP contribution is -2.60. The Balaban J connectivity index is 1.50. The summed E-state index contributed by atoms with van der Waals surface area (Å²) in [5.74, 6) is -2.55. The fourth-order valence-corrected chi connectivity index (χ4v) is 5.34. The maximum atomic E-state index is 13.8. The third kappa shape index (κ3) is 4.94. The van der Waals surface area contributed by atoms with Crippen LogP contribution in [-0.4, -0.2) is 77.0 Å². The average Bonchev–Trinajstić information content (AvgIpc) is 3.13. The molecule has 1 atom stereocenters. The lowest BCUT2D eigenvalue weighted by molar-refractivity contribution is -0.139. The van der Waals surface area contributed by atoms with Gasteiger partial charge in [0.25, 0.3) is 5.91 Å². The van der Waals surface area contributed by atoms with Crippen molar-refractivity contribution in [3.63, 3.8) is 0 Å². The second-order valence-corrected chi connectivity index (χ2v) is 10.4. The highest BCUT2D eigenvalue weighted by Crippen LogP contribution is 2.39. The molecule has 38 heavy (non-hydrogen) atoms. The summed E-state index contributed by atoms with van der Waals surface area (Å²) in [7, 11) is 1.73. The Kier molecular flexibility index (Phi) is 7.44. The van der Waals surface area contributed by atoms with Crippen LogP contribution in [0.3, 0.4) is 0 Å². The number of carbonyl (C=O) groups is 4. The number of likely N-dealkylation sites (N-methyl/N-ethyl adjacent to an activating group) is 1. The van der Waals surface area contributed by atoms with Crippen LogP contribution in [0.2, 0.25) is 0 Å². The molecule has 202 valence electrons. The first-order chi connectivity index (χ1) is 17.9.